The van der Waals surface area contributed by atoms with E-state index in [4.69, 9.17) is 4.74 Å². The Balaban J connectivity index is 1.90. The molecule has 1 saturated heterocycles. The van der Waals surface area contributed by atoms with E-state index in [1.165, 1.54) is 0 Å². The highest BCUT2D eigenvalue weighted by atomic mass is 79.9. The van der Waals surface area contributed by atoms with Gasteiger partial charge in [-0.3, -0.25) is 4.99 Å². The number of ether oxygens (including phenoxy) is 1. The number of rotatable bonds is 5. The molecule has 0 amide bonds. The molecule has 1 aliphatic rings. The molecule has 0 bridgehead atoms. The van der Waals surface area contributed by atoms with Gasteiger partial charge in [-0.1, -0.05) is 12.2 Å². The van der Waals surface area contributed by atoms with Crippen molar-refractivity contribution >= 4 is 27.8 Å². The maximum atomic E-state index is 5.25. The maximum absolute atomic E-state index is 5.25. The molecule has 1 N–H and O–H groups in total. The van der Waals surface area contributed by atoms with Crippen molar-refractivity contribution in [2.75, 3.05) is 51.8 Å². The van der Waals surface area contributed by atoms with Crippen LogP contribution in [-0.2, 0) is 0 Å². The largest absolute Gasteiger partial charge is 0.480 e. The molecule has 2 heterocycles. The summed E-state index contributed by atoms with van der Waals surface area (Å²) in [4.78, 5) is 17.6. The van der Waals surface area contributed by atoms with Crippen LogP contribution in [0.2, 0.25) is 0 Å². The van der Waals surface area contributed by atoms with E-state index in [0.717, 1.165) is 49.6 Å². The number of hydrogen-bond donors (Lipinski definition) is 1. The zero-order valence-corrected chi connectivity index (χ0v) is 16.1. The summed E-state index contributed by atoms with van der Waals surface area (Å²) in [6.07, 6.45) is 6.95. The van der Waals surface area contributed by atoms with Gasteiger partial charge in [-0.25, -0.2) is 4.98 Å². The zero-order valence-electron chi connectivity index (χ0n) is 14.5. The average molecular weight is 397 g/mol. The molecule has 0 radical (unpaired) electrons. The molecule has 0 aromatic carbocycles. The van der Waals surface area contributed by atoms with Crippen LogP contribution in [0.5, 0.6) is 5.88 Å². The predicted octanol–water partition coefficient (Wildman–Crippen LogP) is 1.91. The Morgan fingerprint density at radius 3 is 2.79 bits per heavy atom. The maximum Gasteiger partial charge on any atom is 0.232 e. The van der Waals surface area contributed by atoms with E-state index in [2.05, 4.69) is 58.2 Å². The van der Waals surface area contributed by atoms with E-state index < -0.39 is 0 Å². The van der Waals surface area contributed by atoms with E-state index >= 15 is 0 Å². The monoisotopic (exact) mass is 396 g/mol. The van der Waals surface area contributed by atoms with Crippen molar-refractivity contribution in [3.63, 3.8) is 0 Å². The molecule has 0 atom stereocenters. The molecule has 132 valence electrons. The zero-order chi connectivity index (χ0) is 17.4. The van der Waals surface area contributed by atoms with Gasteiger partial charge in [-0.15, -0.1) is 0 Å². The third-order valence-corrected chi connectivity index (χ3v) is 4.34. The van der Waals surface area contributed by atoms with Crippen LogP contribution in [0.1, 0.15) is 13.3 Å². The molecule has 0 saturated carbocycles. The van der Waals surface area contributed by atoms with Crippen LogP contribution in [0.25, 0.3) is 0 Å². The molecule has 1 aliphatic heterocycles. The van der Waals surface area contributed by atoms with Crippen molar-refractivity contribution in [2.24, 2.45) is 4.99 Å². The predicted molar refractivity (Wildman–Crippen MR) is 101 cm³/mol. The van der Waals surface area contributed by atoms with Crippen LogP contribution >= 0.6 is 15.9 Å². The van der Waals surface area contributed by atoms with E-state index in [-0.39, 0.29) is 0 Å². The summed E-state index contributed by atoms with van der Waals surface area (Å²) in [7, 11) is 3.44. The Morgan fingerprint density at radius 2 is 2.17 bits per heavy atom. The quantitative estimate of drug-likeness (QED) is 0.355. The standard InChI is InChI=1S/C16H25BrN6O/c1-4-5-6-7-19-15(18-2)22-8-10-23(11-9-22)16-20-12-13(17)14(21-16)24-3/h4-5,12H,6-11H2,1-3H3,(H,18,19)/b5-4+. The average Bonchev–Trinajstić information content (AvgIpc) is 2.62. The Hall–Kier alpha value is -1.83. The van der Waals surface area contributed by atoms with Gasteiger partial charge in [0.2, 0.25) is 11.8 Å². The molecule has 24 heavy (non-hydrogen) atoms. The molecule has 2 rings (SSSR count). The minimum atomic E-state index is 0.559. The van der Waals surface area contributed by atoms with Crippen molar-refractivity contribution in [1.29, 1.82) is 0 Å². The van der Waals surface area contributed by atoms with E-state index in [0.29, 0.717) is 11.8 Å². The molecular formula is C16H25BrN6O. The number of nitrogens with one attached hydrogen (secondary N) is 1. The van der Waals surface area contributed by atoms with Gasteiger partial charge in [0.05, 0.1) is 17.8 Å². The lowest BCUT2D eigenvalue weighted by atomic mass is 10.3. The fourth-order valence-corrected chi connectivity index (χ4v) is 2.88. The summed E-state index contributed by atoms with van der Waals surface area (Å²) in [5.41, 5.74) is 0. The van der Waals surface area contributed by atoms with Crippen molar-refractivity contribution in [3.8, 4) is 5.88 Å². The molecule has 0 aliphatic carbocycles. The fourth-order valence-electron chi connectivity index (χ4n) is 2.52. The SMILES string of the molecule is C/C=C/CCNC(=NC)N1CCN(c2ncc(Br)c(OC)n2)CC1. The molecule has 7 nitrogen and oxygen atoms in total. The van der Waals surface area contributed by atoms with Crippen LogP contribution < -0.4 is 15.0 Å². The number of halogens is 1. The third-order valence-electron chi connectivity index (χ3n) is 3.80. The first-order valence-electron chi connectivity index (χ1n) is 8.07. The summed E-state index contributed by atoms with van der Waals surface area (Å²) < 4.78 is 6.01. The van der Waals surface area contributed by atoms with E-state index in [1.54, 1.807) is 13.3 Å². The number of nitrogens with zero attached hydrogens (tertiary/aromatic N) is 5. The molecular weight excluding hydrogens is 372 g/mol. The Kier molecular flexibility index (Phi) is 7.30. The number of anilines is 1. The topological polar surface area (TPSA) is 65.9 Å². The number of hydrogen-bond acceptors (Lipinski definition) is 5. The molecule has 8 heteroatoms. The Labute approximate surface area is 152 Å². The molecule has 0 unspecified atom stereocenters. The summed E-state index contributed by atoms with van der Waals surface area (Å²) in [6, 6.07) is 0. The van der Waals surface area contributed by atoms with Crippen LogP contribution in [-0.4, -0.2) is 67.7 Å². The Bertz CT molecular complexity index is 584. The number of aliphatic imine (C=N–C) groups is 1. The van der Waals surface area contributed by atoms with Crippen molar-refractivity contribution in [2.45, 2.75) is 13.3 Å². The summed E-state index contributed by atoms with van der Waals surface area (Å²) in [5.74, 6) is 2.21. The molecule has 0 spiro atoms. The number of guanidine groups is 1. The lowest BCUT2D eigenvalue weighted by Crippen LogP contribution is -2.53. The van der Waals surface area contributed by atoms with Gasteiger partial charge in [-0.05, 0) is 29.3 Å². The highest BCUT2D eigenvalue weighted by Crippen LogP contribution is 2.23. The highest BCUT2D eigenvalue weighted by molar-refractivity contribution is 9.10. The second kappa shape index (κ2) is 9.46. The second-order valence-corrected chi connectivity index (χ2v) is 6.19. The van der Waals surface area contributed by atoms with Gasteiger partial charge in [0.15, 0.2) is 5.96 Å². The minimum Gasteiger partial charge on any atom is -0.480 e. The summed E-state index contributed by atoms with van der Waals surface area (Å²) >= 11 is 3.38. The lowest BCUT2D eigenvalue weighted by molar-refractivity contribution is 0.366. The van der Waals surface area contributed by atoms with E-state index in [9.17, 15) is 0 Å². The van der Waals surface area contributed by atoms with Crippen molar-refractivity contribution < 1.29 is 4.74 Å². The molecule has 1 aromatic rings. The minimum absolute atomic E-state index is 0.559. The molecule has 1 aromatic heterocycles. The summed E-state index contributed by atoms with van der Waals surface area (Å²) in [5, 5.41) is 3.40. The van der Waals surface area contributed by atoms with Crippen LogP contribution in [0.3, 0.4) is 0 Å². The van der Waals surface area contributed by atoms with Crippen LogP contribution in [0.15, 0.2) is 27.8 Å². The molecule has 1 fully saturated rings. The second-order valence-electron chi connectivity index (χ2n) is 5.33. The van der Waals surface area contributed by atoms with Gasteiger partial charge in [0, 0.05) is 39.8 Å². The third kappa shape index (κ3) is 4.83. The first kappa shape index (κ1) is 18.5. The number of methoxy groups -OCH3 is 1. The van der Waals surface area contributed by atoms with Gasteiger partial charge in [-0.2, -0.15) is 4.98 Å². The van der Waals surface area contributed by atoms with Gasteiger partial charge in [0.25, 0.3) is 0 Å². The van der Waals surface area contributed by atoms with Crippen molar-refractivity contribution in [1.82, 2.24) is 20.2 Å². The first-order chi connectivity index (χ1) is 11.7. The fraction of sp³-hybridized carbons (Fsp3) is 0.562. The number of allylic oxidation sites excluding steroid dienone is 1. The van der Waals surface area contributed by atoms with Gasteiger partial charge < -0.3 is 19.9 Å². The van der Waals surface area contributed by atoms with E-state index in [1.807, 2.05) is 14.0 Å². The lowest BCUT2D eigenvalue weighted by Gasteiger charge is -2.36. The number of aromatic nitrogens is 2. The van der Waals surface area contributed by atoms with Crippen molar-refractivity contribution in [3.05, 3.63) is 22.8 Å². The van der Waals surface area contributed by atoms with Crippen LogP contribution in [0, 0.1) is 0 Å². The van der Waals surface area contributed by atoms with Gasteiger partial charge >= 0.3 is 0 Å². The van der Waals surface area contributed by atoms with Gasteiger partial charge in [0.1, 0.15) is 0 Å². The summed E-state index contributed by atoms with van der Waals surface area (Å²) in [6.45, 7) is 6.38. The first-order valence-corrected chi connectivity index (χ1v) is 8.87. The normalized spacial score (nSPS) is 15.9. The number of piperazine rings is 1. The van der Waals surface area contributed by atoms with Crippen LogP contribution in [0.4, 0.5) is 5.95 Å². The smallest absolute Gasteiger partial charge is 0.232 e. The Morgan fingerprint density at radius 1 is 1.42 bits per heavy atom. The highest BCUT2D eigenvalue weighted by Gasteiger charge is 2.21.